The molecule has 1 heterocycles. The van der Waals surface area contributed by atoms with Gasteiger partial charge in [-0.05, 0) is 29.8 Å². The van der Waals surface area contributed by atoms with Crippen molar-refractivity contribution < 1.29 is 17.6 Å². The summed E-state index contributed by atoms with van der Waals surface area (Å²) in [5.41, 5.74) is 0.505. The van der Waals surface area contributed by atoms with Crippen LogP contribution in [-0.2, 0) is 27.7 Å². The number of hydrogen-bond acceptors (Lipinski definition) is 5. The molecule has 140 valence electrons. The van der Waals surface area contributed by atoms with E-state index >= 15 is 0 Å². The number of rotatable bonds is 5. The van der Waals surface area contributed by atoms with Crippen LogP contribution in [0.15, 0.2) is 58.5 Å². The lowest BCUT2D eigenvalue weighted by Gasteiger charge is -2.08. The zero-order valence-electron chi connectivity index (χ0n) is 14.3. The summed E-state index contributed by atoms with van der Waals surface area (Å²) in [6.07, 6.45) is 2.32. The summed E-state index contributed by atoms with van der Waals surface area (Å²) in [7, 11) is -3.27. The molecule has 0 aliphatic carbocycles. The number of benzene rings is 2. The Bertz CT molecular complexity index is 1170. The molecule has 1 N–H and O–H groups in total. The van der Waals surface area contributed by atoms with Gasteiger partial charge < -0.3 is 5.32 Å². The van der Waals surface area contributed by atoms with Crippen LogP contribution in [0.25, 0.3) is 10.9 Å². The molecule has 2 aromatic carbocycles. The fourth-order valence-corrected chi connectivity index (χ4v) is 3.14. The summed E-state index contributed by atoms with van der Waals surface area (Å²) >= 11 is 0. The first kappa shape index (κ1) is 18.7. The second-order valence-corrected chi connectivity index (χ2v) is 8.05. The predicted molar refractivity (Wildman–Crippen MR) is 97.4 cm³/mol. The van der Waals surface area contributed by atoms with Gasteiger partial charge in [-0.3, -0.25) is 14.2 Å². The summed E-state index contributed by atoms with van der Waals surface area (Å²) in [4.78, 5) is 28.6. The van der Waals surface area contributed by atoms with E-state index in [1.807, 2.05) is 0 Å². The third kappa shape index (κ3) is 4.37. The molecular formula is C18H16FN3O4S. The first-order valence-corrected chi connectivity index (χ1v) is 9.83. The van der Waals surface area contributed by atoms with Crippen LogP contribution in [-0.4, -0.2) is 30.1 Å². The minimum atomic E-state index is -3.27. The molecule has 0 spiro atoms. The zero-order chi connectivity index (χ0) is 19.6. The molecular weight excluding hydrogens is 373 g/mol. The van der Waals surface area contributed by atoms with Crippen LogP contribution >= 0.6 is 0 Å². The van der Waals surface area contributed by atoms with Gasteiger partial charge in [0, 0.05) is 18.9 Å². The first-order valence-electron chi connectivity index (χ1n) is 7.94. The lowest BCUT2D eigenvalue weighted by Crippen LogP contribution is -2.32. The normalized spacial score (nSPS) is 11.5. The molecule has 3 aromatic rings. The van der Waals surface area contributed by atoms with Crippen molar-refractivity contribution >= 4 is 26.6 Å². The van der Waals surface area contributed by atoms with Crippen LogP contribution in [0.1, 0.15) is 5.56 Å². The third-order valence-electron chi connectivity index (χ3n) is 3.94. The van der Waals surface area contributed by atoms with Crippen LogP contribution in [0.3, 0.4) is 0 Å². The molecule has 0 aliphatic rings. The fraction of sp³-hybridized carbons (Fsp3) is 0.167. The second kappa shape index (κ2) is 7.28. The van der Waals surface area contributed by atoms with Gasteiger partial charge in [0.15, 0.2) is 9.84 Å². The zero-order valence-corrected chi connectivity index (χ0v) is 15.2. The monoisotopic (exact) mass is 389 g/mol. The predicted octanol–water partition coefficient (Wildman–Crippen LogP) is 1.26. The lowest BCUT2D eigenvalue weighted by atomic mass is 10.2. The number of amides is 1. The number of fused-ring (bicyclic) bond motifs is 1. The topological polar surface area (TPSA) is 98.1 Å². The third-order valence-corrected chi connectivity index (χ3v) is 5.07. The molecule has 0 unspecified atom stereocenters. The Hall–Kier alpha value is -3.07. The maximum Gasteiger partial charge on any atom is 0.261 e. The number of carbonyl (C=O) groups excluding carboxylic acids is 1. The van der Waals surface area contributed by atoms with E-state index in [9.17, 15) is 22.4 Å². The molecule has 0 bridgehead atoms. The Kier molecular flexibility index (Phi) is 5.04. The summed E-state index contributed by atoms with van der Waals surface area (Å²) in [6, 6.07) is 9.79. The van der Waals surface area contributed by atoms with E-state index in [1.54, 1.807) is 12.1 Å². The number of nitrogens with one attached hydrogen (secondary N) is 1. The standard InChI is InChI=1S/C18H16FN3O4S/c1-27(25,26)14-5-2-12(3-6-14)9-20-17(23)10-22-11-21-16-8-13(19)4-7-15(16)18(22)24/h2-8,11H,9-10H2,1H3,(H,20,23). The summed E-state index contributed by atoms with van der Waals surface area (Å²) in [5, 5.41) is 2.88. The van der Waals surface area contributed by atoms with Gasteiger partial charge in [0.05, 0.1) is 22.1 Å². The smallest absolute Gasteiger partial charge is 0.261 e. The molecule has 0 saturated carbocycles. The van der Waals surface area contributed by atoms with Gasteiger partial charge in [-0.1, -0.05) is 12.1 Å². The van der Waals surface area contributed by atoms with Crippen LogP contribution in [0.5, 0.6) is 0 Å². The van der Waals surface area contributed by atoms with Crippen LogP contribution in [0, 0.1) is 5.82 Å². The van der Waals surface area contributed by atoms with Gasteiger partial charge in [-0.25, -0.2) is 17.8 Å². The van der Waals surface area contributed by atoms with E-state index in [4.69, 9.17) is 0 Å². The van der Waals surface area contributed by atoms with Crippen molar-refractivity contribution in [3.05, 3.63) is 70.5 Å². The van der Waals surface area contributed by atoms with E-state index in [0.29, 0.717) is 0 Å². The molecule has 3 rings (SSSR count). The molecule has 0 atom stereocenters. The molecule has 9 heteroatoms. The molecule has 7 nitrogen and oxygen atoms in total. The maximum atomic E-state index is 13.2. The number of sulfone groups is 1. The Balaban J connectivity index is 1.67. The van der Waals surface area contributed by atoms with Crippen LogP contribution in [0.2, 0.25) is 0 Å². The molecule has 1 aromatic heterocycles. The van der Waals surface area contributed by atoms with E-state index in [2.05, 4.69) is 10.3 Å². The number of aromatic nitrogens is 2. The molecule has 0 aliphatic heterocycles. The molecule has 1 amide bonds. The molecule has 0 saturated heterocycles. The van der Waals surface area contributed by atoms with E-state index < -0.39 is 27.1 Å². The van der Waals surface area contributed by atoms with Crippen molar-refractivity contribution in [2.45, 2.75) is 18.0 Å². The second-order valence-electron chi connectivity index (χ2n) is 6.03. The van der Waals surface area contributed by atoms with Crippen LogP contribution < -0.4 is 10.9 Å². The van der Waals surface area contributed by atoms with Gasteiger partial charge in [-0.2, -0.15) is 0 Å². The van der Waals surface area contributed by atoms with E-state index in [0.717, 1.165) is 28.5 Å². The first-order chi connectivity index (χ1) is 12.7. The van der Waals surface area contributed by atoms with Gasteiger partial charge in [0.25, 0.3) is 5.56 Å². The maximum absolute atomic E-state index is 13.2. The Morgan fingerprint density at radius 3 is 2.56 bits per heavy atom. The van der Waals surface area contributed by atoms with Crippen molar-refractivity contribution in [3.63, 3.8) is 0 Å². The highest BCUT2D eigenvalue weighted by Crippen LogP contribution is 2.10. The number of hydrogen-bond donors (Lipinski definition) is 1. The summed E-state index contributed by atoms with van der Waals surface area (Å²) < 4.78 is 37.2. The van der Waals surface area contributed by atoms with Crippen molar-refractivity contribution in [3.8, 4) is 0 Å². The minimum Gasteiger partial charge on any atom is -0.350 e. The van der Waals surface area contributed by atoms with Crippen molar-refractivity contribution in [2.24, 2.45) is 0 Å². The average molecular weight is 389 g/mol. The summed E-state index contributed by atoms with van der Waals surface area (Å²) in [5.74, 6) is -0.903. The highest BCUT2D eigenvalue weighted by atomic mass is 32.2. The number of carbonyl (C=O) groups is 1. The molecule has 27 heavy (non-hydrogen) atoms. The minimum absolute atomic E-state index is 0.184. The lowest BCUT2D eigenvalue weighted by molar-refractivity contribution is -0.121. The number of halogens is 1. The highest BCUT2D eigenvalue weighted by Gasteiger charge is 2.10. The quantitative estimate of drug-likeness (QED) is 0.708. The Morgan fingerprint density at radius 2 is 1.89 bits per heavy atom. The summed E-state index contributed by atoms with van der Waals surface area (Å²) in [6.45, 7) is -0.0512. The molecule has 0 radical (unpaired) electrons. The molecule has 0 fully saturated rings. The van der Waals surface area contributed by atoms with E-state index in [1.165, 1.54) is 24.5 Å². The average Bonchev–Trinajstić information content (AvgIpc) is 2.62. The Labute approximate surface area is 154 Å². The number of nitrogens with zero attached hydrogens (tertiary/aromatic N) is 2. The van der Waals surface area contributed by atoms with Gasteiger partial charge in [0.2, 0.25) is 5.91 Å². The van der Waals surface area contributed by atoms with Gasteiger partial charge in [-0.15, -0.1) is 0 Å². The van der Waals surface area contributed by atoms with Crippen molar-refractivity contribution in [2.75, 3.05) is 6.26 Å². The van der Waals surface area contributed by atoms with Crippen LogP contribution in [0.4, 0.5) is 4.39 Å². The van der Waals surface area contributed by atoms with Crippen molar-refractivity contribution in [1.29, 1.82) is 0 Å². The highest BCUT2D eigenvalue weighted by molar-refractivity contribution is 7.90. The SMILES string of the molecule is CS(=O)(=O)c1ccc(CNC(=O)Cn2cnc3cc(F)ccc3c2=O)cc1. The van der Waals surface area contributed by atoms with Gasteiger partial charge in [0.1, 0.15) is 12.4 Å². The largest absolute Gasteiger partial charge is 0.350 e. The Morgan fingerprint density at radius 1 is 1.19 bits per heavy atom. The van der Waals surface area contributed by atoms with Crippen molar-refractivity contribution in [1.82, 2.24) is 14.9 Å². The fourth-order valence-electron chi connectivity index (χ4n) is 2.51. The van der Waals surface area contributed by atoms with Gasteiger partial charge >= 0.3 is 0 Å². The van der Waals surface area contributed by atoms with E-state index in [-0.39, 0.29) is 28.9 Å².